The van der Waals surface area contributed by atoms with Crippen molar-refractivity contribution in [1.29, 1.82) is 5.41 Å². The third kappa shape index (κ3) is 3.66. The van der Waals surface area contributed by atoms with Crippen LogP contribution in [0.25, 0.3) is 0 Å². The second kappa shape index (κ2) is 6.48. The molecule has 0 heterocycles. The molecule has 3 N–H and O–H groups in total. The molecule has 0 saturated heterocycles. The molecule has 0 bridgehead atoms. The van der Waals surface area contributed by atoms with Crippen LogP contribution in [0.3, 0.4) is 0 Å². The first-order valence-corrected chi connectivity index (χ1v) is 7.23. The van der Waals surface area contributed by atoms with Gasteiger partial charge in [-0.1, -0.05) is 51.3 Å². The second-order valence-electron chi connectivity index (χ2n) is 4.08. The van der Waals surface area contributed by atoms with Crippen molar-refractivity contribution < 1.29 is 4.74 Å². The SMILES string of the molecule is N=C(N)c1ccc(COc2ccc(Br)cc2Cl)c(Cl)c1. The van der Waals surface area contributed by atoms with Gasteiger partial charge in [-0.25, -0.2) is 0 Å². The van der Waals surface area contributed by atoms with E-state index in [2.05, 4.69) is 15.9 Å². The number of amidine groups is 1. The number of nitrogens with two attached hydrogens (primary N) is 1. The Kier molecular flexibility index (Phi) is 4.91. The molecular weight excluding hydrogens is 363 g/mol. The Morgan fingerprint density at radius 3 is 2.50 bits per heavy atom. The van der Waals surface area contributed by atoms with Crippen LogP contribution in [0.5, 0.6) is 5.75 Å². The summed E-state index contributed by atoms with van der Waals surface area (Å²) in [5, 5.41) is 8.38. The van der Waals surface area contributed by atoms with E-state index in [1.54, 1.807) is 30.3 Å². The molecule has 2 aromatic carbocycles. The van der Waals surface area contributed by atoms with Crippen LogP contribution in [0.15, 0.2) is 40.9 Å². The van der Waals surface area contributed by atoms with Crippen LogP contribution in [0.4, 0.5) is 0 Å². The Morgan fingerprint density at radius 2 is 1.90 bits per heavy atom. The van der Waals surface area contributed by atoms with Crippen molar-refractivity contribution in [1.82, 2.24) is 0 Å². The number of nitrogens with one attached hydrogen (secondary N) is 1. The Morgan fingerprint density at radius 1 is 1.15 bits per heavy atom. The zero-order valence-electron chi connectivity index (χ0n) is 10.3. The lowest BCUT2D eigenvalue weighted by Gasteiger charge is -2.10. The minimum Gasteiger partial charge on any atom is -0.487 e. The Hall–Kier alpha value is -1.23. The monoisotopic (exact) mass is 372 g/mol. The second-order valence-corrected chi connectivity index (χ2v) is 5.81. The smallest absolute Gasteiger partial charge is 0.138 e. The number of benzene rings is 2. The highest BCUT2D eigenvalue weighted by Gasteiger charge is 2.07. The molecule has 0 amide bonds. The number of hydrogen-bond acceptors (Lipinski definition) is 2. The van der Waals surface area contributed by atoms with Crippen molar-refractivity contribution >= 4 is 45.0 Å². The molecule has 3 nitrogen and oxygen atoms in total. The van der Waals surface area contributed by atoms with E-state index >= 15 is 0 Å². The van der Waals surface area contributed by atoms with E-state index in [4.69, 9.17) is 39.1 Å². The summed E-state index contributed by atoms with van der Waals surface area (Å²) < 4.78 is 6.52. The lowest BCUT2D eigenvalue weighted by molar-refractivity contribution is 0.306. The molecule has 0 atom stereocenters. The third-order valence-electron chi connectivity index (χ3n) is 2.64. The highest BCUT2D eigenvalue weighted by atomic mass is 79.9. The van der Waals surface area contributed by atoms with Gasteiger partial charge >= 0.3 is 0 Å². The van der Waals surface area contributed by atoms with E-state index in [1.807, 2.05) is 6.07 Å². The van der Waals surface area contributed by atoms with Crippen LogP contribution >= 0.6 is 39.1 Å². The largest absolute Gasteiger partial charge is 0.487 e. The van der Waals surface area contributed by atoms with Gasteiger partial charge in [0.1, 0.15) is 18.2 Å². The van der Waals surface area contributed by atoms with Crippen molar-refractivity contribution in [2.75, 3.05) is 0 Å². The molecule has 0 fully saturated rings. The van der Waals surface area contributed by atoms with E-state index in [9.17, 15) is 0 Å². The van der Waals surface area contributed by atoms with Gasteiger partial charge in [0.2, 0.25) is 0 Å². The van der Waals surface area contributed by atoms with Crippen LogP contribution in [-0.4, -0.2) is 5.84 Å². The van der Waals surface area contributed by atoms with Crippen molar-refractivity contribution in [3.05, 3.63) is 62.0 Å². The number of hydrogen-bond donors (Lipinski definition) is 2. The van der Waals surface area contributed by atoms with Gasteiger partial charge in [-0.05, 0) is 24.3 Å². The highest BCUT2D eigenvalue weighted by molar-refractivity contribution is 9.10. The molecule has 0 spiro atoms. The van der Waals surface area contributed by atoms with Crippen molar-refractivity contribution in [3.8, 4) is 5.75 Å². The first-order valence-electron chi connectivity index (χ1n) is 5.68. The topological polar surface area (TPSA) is 59.1 Å². The number of rotatable bonds is 4. The van der Waals surface area contributed by atoms with E-state index < -0.39 is 0 Å². The maximum absolute atomic E-state index is 7.35. The van der Waals surface area contributed by atoms with E-state index in [-0.39, 0.29) is 5.84 Å². The van der Waals surface area contributed by atoms with Crippen LogP contribution in [-0.2, 0) is 6.61 Å². The molecule has 0 aliphatic rings. The van der Waals surface area contributed by atoms with Crippen LogP contribution in [0.1, 0.15) is 11.1 Å². The van der Waals surface area contributed by atoms with E-state index in [0.29, 0.717) is 28.0 Å². The maximum atomic E-state index is 7.35. The fourth-order valence-corrected chi connectivity index (χ4v) is 2.54. The van der Waals surface area contributed by atoms with Gasteiger partial charge in [-0.3, -0.25) is 5.41 Å². The van der Waals surface area contributed by atoms with Gasteiger partial charge in [0.25, 0.3) is 0 Å². The summed E-state index contributed by atoms with van der Waals surface area (Å²) in [4.78, 5) is 0. The highest BCUT2D eigenvalue weighted by Crippen LogP contribution is 2.29. The minimum atomic E-state index is -0.0182. The average Bonchev–Trinajstić information content (AvgIpc) is 2.38. The Bertz CT molecular complexity index is 662. The fraction of sp³-hybridized carbons (Fsp3) is 0.0714. The predicted molar refractivity (Wildman–Crippen MR) is 86.0 cm³/mol. The normalized spacial score (nSPS) is 10.3. The quantitative estimate of drug-likeness (QED) is 0.606. The fourth-order valence-electron chi connectivity index (χ4n) is 1.58. The molecule has 6 heteroatoms. The third-order valence-corrected chi connectivity index (χ3v) is 3.78. The van der Waals surface area contributed by atoms with Gasteiger partial charge in [0.15, 0.2) is 0 Å². The Balaban J connectivity index is 2.13. The molecule has 0 aromatic heterocycles. The van der Waals surface area contributed by atoms with Crippen molar-refractivity contribution in [2.45, 2.75) is 6.61 Å². The van der Waals surface area contributed by atoms with E-state index in [0.717, 1.165) is 10.0 Å². The zero-order valence-corrected chi connectivity index (χ0v) is 13.4. The lowest BCUT2D eigenvalue weighted by Crippen LogP contribution is -2.11. The van der Waals surface area contributed by atoms with Crippen molar-refractivity contribution in [2.24, 2.45) is 5.73 Å². The van der Waals surface area contributed by atoms with Crippen LogP contribution < -0.4 is 10.5 Å². The van der Waals surface area contributed by atoms with Gasteiger partial charge in [-0.15, -0.1) is 0 Å². The summed E-state index contributed by atoms with van der Waals surface area (Å²) in [6.45, 7) is 0.290. The molecular formula is C14H11BrCl2N2O. The molecule has 0 aliphatic heterocycles. The summed E-state index contributed by atoms with van der Waals surface area (Å²) in [6.07, 6.45) is 0. The summed E-state index contributed by atoms with van der Waals surface area (Å²) in [5.74, 6) is 0.567. The van der Waals surface area contributed by atoms with Crippen LogP contribution in [0, 0.1) is 5.41 Å². The first kappa shape index (κ1) is 15.2. The summed E-state index contributed by atoms with van der Waals surface area (Å²) >= 11 is 15.5. The van der Waals surface area contributed by atoms with Gasteiger partial charge in [-0.2, -0.15) is 0 Å². The predicted octanol–water partition coefficient (Wildman–Crippen LogP) is 4.62. The summed E-state index contributed by atoms with van der Waals surface area (Å²) in [6, 6.07) is 10.6. The van der Waals surface area contributed by atoms with Gasteiger partial charge in [0, 0.05) is 20.6 Å². The molecule has 0 saturated carbocycles. The molecule has 20 heavy (non-hydrogen) atoms. The molecule has 0 unspecified atom stereocenters. The Labute approximate surface area is 135 Å². The summed E-state index contributed by atoms with van der Waals surface area (Å²) in [5.41, 5.74) is 6.79. The van der Waals surface area contributed by atoms with E-state index in [1.165, 1.54) is 0 Å². The standard InChI is InChI=1S/C14H11BrCl2N2O/c15-10-3-4-13(12(17)6-10)20-7-9-2-1-8(14(18)19)5-11(9)16/h1-6H,7H2,(H3,18,19). The molecule has 0 radical (unpaired) electrons. The molecule has 2 rings (SSSR count). The van der Waals surface area contributed by atoms with Crippen LogP contribution in [0.2, 0.25) is 10.0 Å². The number of ether oxygens (including phenoxy) is 1. The number of halogens is 3. The van der Waals surface area contributed by atoms with Gasteiger partial charge < -0.3 is 10.5 Å². The molecule has 2 aromatic rings. The lowest BCUT2D eigenvalue weighted by atomic mass is 10.1. The van der Waals surface area contributed by atoms with Gasteiger partial charge in [0.05, 0.1) is 5.02 Å². The number of nitrogen functional groups attached to an aromatic ring is 1. The van der Waals surface area contributed by atoms with Crippen molar-refractivity contribution in [3.63, 3.8) is 0 Å². The average molecular weight is 374 g/mol. The molecule has 104 valence electrons. The molecule has 0 aliphatic carbocycles. The first-order chi connectivity index (χ1) is 9.47. The maximum Gasteiger partial charge on any atom is 0.138 e. The minimum absolute atomic E-state index is 0.0182. The summed E-state index contributed by atoms with van der Waals surface area (Å²) in [7, 11) is 0. The zero-order chi connectivity index (χ0) is 14.7.